The molecule has 0 aromatic heterocycles. The Morgan fingerprint density at radius 2 is 1.88 bits per heavy atom. The van der Waals surface area contributed by atoms with Gasteiger partial charge in [0.1, 0.15) is 0 Å². The summed E-state index contributed by atoms with van der Waals surface area (Å²) in [5.74, 6) is 2.64. The molecular formula is C15H25N. The second-order valence-corrected chi connectivity index (χ2v) is 5.32. The monoisotopic (exact) mass is 219 g/mol. The van der Waals surface area contributed by atoms with Crippen LogP contribution in [0.4, 0.5) is 0 Å². The molecule has 0 radical (unpaired) electrons. The Morgan fingerprint density at radius 3 is 2.44 bits per heavy atom. The maximum atomic E-state index is 5.76. The zero-order valence-corrected chi connectivity index (χ0v) is 10.7. The average molecular weight is 219 g/mol. The summed E-state index contributed by atoms with van der Waals surface area (Å²) >= 11 is 0. The van der Waals surface area contributed by atoms with Crippen molar-refractivity contribution in [3.63, 3.8) is 0 Å². The summed E-state index contributed by atoms with van der Waals surface area (Å²) in [6.07, 6.45) is 13.1. The summed E-state index contributed by atoms with van der Waals surface area (Å²) in [5.41, 5.74) is 6.56. The van der Waals surface area contributed by atoms with Crippen LogP contribution in [0.1, 0.15) is 39.5 Å². The Hall–Kier alpha value is -0.980. The highest BCUT2D eigenvalue weighted by Gasteiger charge is 2.22. The van der Waals surface area contributed by atoms with Gasteiger partial charge in [0.25, 0.3) is 0 Å². The van der Waals surface area contributed by atoms with E-state index in [1.54, 1.807) is 6.08 Å². The van der Waals surface area contributed by atoms with Crippen LogP contribution >= 0.6 is 0 Å². The van der Waals surface area contributed by atoms with Gasteiger partial charge in [0.2, 0.25) is 0 Å². The lowest BCUT2D eigenvalue weighted by Crippen LogP contribution is -2.19. The van der Waals surface area contributed by atoms with Crippen molar-refractivity contribution >= 4 is 0 Å². The normalized spacial score (nSPS) is 31.9. The Labute approximate surface area is 100 Å². The van der Waals surface area contributed by atoms with Gasteiger partial charge in [-0.3, -0.25) is 0 Å². The largest absolute Gasteiger partial charge is 0.399 e. The van der Waals surface area contributed by atoms with E-state index in [0.717, 1.165) is 23.5 Å². The maximum absolute atomic E-state index is 5.76. The van der Waals surface area contributed by atoms with E-state index in [4.69, 9.17) is 5.73 Å². The molecule has 2 N–H and O–H groups in total. The van der Waals surface area contributed by atoms with Crippen molar-refractivity contribution in [2.24, 2.45) is 23.5 Å². The second kappa shape index (κ2) is 6.57. The van der Waals surface area contributed by atoms with Gasteiger partial charge in [0.15, 0.2) is 0 Å². The molecular weight excluding hydrogens is 194 g/mol. The molecule has 1 nitrogen and oxygen atoms in total. The van der Waals surface area contributed by atoms with Crippen LogP contribution in [0.3, 0.4) is 0 Å². The predicted octanol–water partition coefficient (Wildman–Crippen LogP) is 4.03. The van der Waals surface area contributed by atoms with Gasteiger partial charge in [0.05, 0.1) is 0 Å². The van der Waals surface area contributed by atoms with Crippen molar-refractivity contribution in [1.82, 2.24) is 0 Å². The molecule has 0 bridgehead atoms. The highest BCUT2D eigenvalue weighted by atomic mass is 14.5. The van der Waals surface area contributed by atoms with Crippen molar-refractivity contribution in [3.8, 4) is 0 Å². The zero-order valence-electron chi connectivity index (χ0n) is 10.7. The van der Waals surface area contributed by atoms with Gasteiger partial charge in [-0.25, -0.2) is 0 Å². The number of allylic oxidation sites excluding steroid dienone is 4. The molecule has 1 heteroatoms. The van der Waals surface area contributed by atoms with Crippen LogP contribution in [0.15, 0.2) is 36.6 Å². The summed E-state index contributed by atoms with van der Waals surface area (Å²) in [7, 11) is 0. The molecule has 0 aromatic rings. The third-order valence-corrected chi connectivity index (χ3v) is 3.37. The molecule has 1 aliphatic carbocycles. The van der Waals surface area contributed by atoms with E-state index in [1.165, 1.54) is 25.7 Å². The standard InChI is InChI=1S/C15H25N/c1-4-6-15(16)8-5-7-14-10-12(2)9-13(3)11-14/h4-6,8,12-14H,1,7,9-11,16H2,2-3H3/b8-5-,15-6+. The molecule has 0 amide bonds. The van der Waals surface area contributed by atoms with Crippen LogP contribution < -0.4 is 5.73 Å². The van der Waals surface area contributed by atoms with Crippen LogP contribution in [-0.4, -0.2) is 0 Å². The molecule has 0 heterocycles. The van der Waals surface area contributed by atoms with E-state index in [1.807, 2.05) is 12.2 Å². The topological polar surface area (TPSA) is 26.0 Å². The summed E-state index contributed by atoms with van der Waals surface area (Å²) in [6.45, 7) is 8.37. The minimum absolute atomic E-state index is 0.798. The zero-order chi connectivity index (χ0) is 12.0. The molecule has 16 heavy (non-hydrogen) atoms. The van der Waals surface area contributed by atoms with Crippen LogP contribution in [0.5, 0.6) is 0 Å². The summed E-state index contributed by atoms with van der Waals surface area (Å²) < 4.78 is 0. The van der Waals surface area contributed by atoms with Crippen molar-refractivity contribution in [3.05, 3.63) is 36.6 Å². The molecule has 1 saturated carbocycles. The van der Waals surface area contributed by atoms with E-state index >= 15 is 0 Å². The van der Waals surface area contributed by atoms with Crippen molar-refractivity contribution in [2.45, 2.75) is 39.5 Å². The lowest BCUT2D eigenvalue weighted by Gasteiger charge is -2.30. The minimum atomic E-state index is 0.798. The molecule has 0 aliphatic heterocycles. The molecule has 90 valence electrons. The van der Waals surface area contributed by atoms with Gasteiger partial charge < -0.3 is 5.73 Å². The summed E-state index contributed by atoms with van der Waals surface area (Å²) in [4.78, 5) is 0. The molecule has 1 aliphatic rings. The van der Waals surface area contributed by atoms with Crippen molar-refractivity contribution < 1.29 is 0 Å². The van der Waals surface area contributed by atoms with Gasteiger partial charge in [-0.2, -0.15) is 0 Å². The highest BCUT2D eigenvalue weighted by molar-refractivity contribution is 5.19. The quantitative estimate of drug-likeness (QED) is 0.710. The second-order valence-electron chi connectivity index (χ2n) is 5.32. The van der Waals surface area contributed by atoms with Crippen LogP contribution in [0.2, 0.25) is 0 Å². The van der Waals surface area contributed by atoms with Crippen LogP contribution in [0, 0.1) is 17.8 Å². The van der Waals surface area contributed by atoms with Crippen molar-refractivity contribution in [2.75, 3.05) is 0 Å². The van der Waals surface area contributed by atoms with E-state index in [-0.39, 0.29) is 0 Å². The van der Waals surface area contributed by atoms with Crippen LogP contribution in [-0.2, 0) is 0 Å². The molecule has 0 saturated heterocycles. The first-order chi connectivity index (χ1) is 7.61. The van der Waals surface area contributed by atoms with Gasteiger partial charge in [-0.05, 0) is 55.6 Å². The molecule has 2 unspecified atom stereocenters. The molecule has 0 aromatic carbocycles. The Balaban J connectivity index is 2.37. The first-order valence-corrected chi connectivity index (χ1v) is 6.36. The predicted molar refractivity (Wildman–Crippen MR) is 71.9 cm³/mol. The van der Waals surface area contributed by atoms with E-state index in [2.05, 4.69) is 26.5 Å². The third-order valence-electron chi connectivity index (χ3n) is 3.37. The fourth-order valence-corrected chi connectivity index (χ4v) is 2.89. The molecule has 2 atom stereocenters. The number of nitrogens with two attached hydrogens (primary N) is 1. The maximum Gasteiger partial charge on any atom is 0.0310 e. The Bertz CT molecular complexity index is 265. The summed E-state index contributed by atoms with van der Waals surface area (Å²) in [5, 5.41) is 0. The number of rotatable bonds is 4. The third kappa shape index (κ3) is 4.69. The lowest BCUT2D eigenvalue weighted by atomic mass is 9.75. The highest BCUT2D eigenvalue weighted by Crippen LogP contribution is 2.34. The van der Waals surface area contributed by atoms with Gasteiger partial charge >= 0.3 is 0 Å². The fourth-order valence-electron chi connectivity index (χ4n) is 2.89. The number of hydrogen-bond donors (Lipinski definition) is 1. The van der Waals surface area contributed by atoms with E-state index in [9.17, 15) is 0 Å². The van der Waals surface area contributed by atoms with Gasteiger partial charge in [-0.15, -0.1) is 0 Å². The van der Waals surface area contributed by atoms with Gasteiger partial charge in [-0.1, -0.05) is 32.6 Å². The van der Waals surface area contributed by atoms with Crippen molar-refractivity contribution in [1.29, 1.82) is 0 Å². The lowest BCUT2D eigenvalue weighted by molar-refractivity contribution is 0.220. The Morgan fingerprint density at radius 1 is 1.25 bits per heavy atom. The first kappa shape index (κ1) is 13.1. The van der Waals surface area contributed by atoms with E-state index in [0.29, 0.717) is 0 Å². The first-order valence-electron chi connectivity index (χ1n) is 6.36. The number of hydrogen-bond acceptors (Lipinski definition) is 1. The van der Waals surface area contributed by atoms with E-state index < -0.39 is 0 Å². The molecule has 1 fully saturated rings. The van der Waals surface area contributed by atoms with Gasteiger partial charge in [0, 0.05) is 5.70 Å². The smallest absolute Gasteiger partial charge is 0.0310 e. The van der Waals surface area contributed by atoms with Crippen LogP contribution in [0.25, 0.3) is 0 Å². The summed E-state index contributed by atoms with van der Waals surface area (Å²) in [6, 6.07) is 0. The Kier molecular flexibility index (Phi) is 5.37. The molecule has 1 rings (SSSR count). The molecule has 0 spiro atoms. The minimum Gasteiger partial charge on any atom is -0.399 e. The average Bonchev–Trinajstić information content (AvgIpc) is 2.16. The fraction of sp³-hybridized carbons (Fsp3) is 0.600. The SMILES string of the molecule is C=C/C=C(N)\C=C/CC1CC(C)CC(C)C1.